The first kappa shape index (κ1) is 5.27. The minimum atomic E-state index is -0.380. The molecule has 2 N–H and O–H groups in total. The second-order valence-corrected chi connectivity index (χ2v) is 0.683. The second kappa shape index (κ2) is 2.50. The summed E-state index contributed by atoms with van der Waals surface area (Å²) in [6.07, 6.45) is 0. The normalized spacial score (nSPS) is 7.00. The molecule has 0 aromatic heterocycles. The lowest BCUT2D eigenvalue weighted by Gasteiger charge is -1.90. The molecule has 0 aromatic carbocycles. The van der Waals surface area contributed by atoms with E-state index in [1.165, 1.54) is 0 Å². The van der Waals surface area contributed by atoms with Crippen LogP contribution in [0.5, 0.6) is 0 Å². The Morgan fingerprint density at radius 3 is 1.67 bits per heavy atom. The SMILES string of the molecule is [CH2]NC(=O)N[CH2]. The number of nitrogens with one attached hydrogen (secondary N) is 2. The van der Waals surface area contributed by atoms with Gasteiger partial charge in [-0.1, -0.05) is 0 Å². The first-order valence-corrected chi connectivity index (χ1v) is 1.41. The number of urea groups is 1. The van der Waals surface area contributed by atoms with Crippen LogP contribution in [0.2, 0.25) is 0 Å². The molecule has 0 rings (SSSR count). The lowest BCUT2D eigenvalue weighted by molar-refractivity contribution is 0.247. The van der Waals surface area contributed by atoms with Crippen molar-refractivity contribution < 1.29 is 4.79 Å². The third-order valence-electron chi connectivity index (χ3n) is 0.321. The Morgan fingerprint density at radius 2 is 1.67 bits per heavy atom. The molecule has 0 unspecified atom stereocenters. The maximum atomic E-state index is 9.83. The average molecular weight is 86.1 g/mol. The Balaban J connectivity index is 2.99. The van der Waals surface area contributed by atoms with E-state index in [4.69, 9.17) is 0 Å². The summed E-state index contributed by atoms with van der Waals surface area (Å²) in [4.78, 5) is 9.83. The molecule has 2 amide bonds. The molecular formula is C3H6N2O. The Labute approximate surface area is 36.7 Å². The zero-order chi connectivity index (χ0) is 4.99. The number of hydrogen-bond acceptors (Lipinski definition) is 1. The molecular weight excluding hydrogens is 80.0 g/mol. The van der Waals surface area contributed by atoms with Gasteiger partial charge in [-0.15, -0.1) is 0 Å². The molecule has 3 heteroatoms. The molecule has 0 fully saturated rings. The molecule has 2 radical (unpaired) electrons. The minimum absolute atomic E-state index is 0.380. The Morgan fingerprint density at radius 1 is 1.33 bits per heavy atom. The van der Waals surface area contributed by atoms with Crippen LogP contribution in [-0.2, 0) is 0 Å². The zero-order valence-electron chi connectivity index (χ0n) is 3.32. The first-order chi connectivity index (χ1) is 2.81. The summed E-state index contributed by atoms with van der Waals surface area (Å²) in [7, 11) is 6.11. The van der Waals surface area contributed by atoms with Gasteiger partial charge in [0.1, 0.15) is 0 Å². The van der Waals surface area contributed by atoms with E-state index in [2.05, 4.69) is 24.7 Å². The third-order valence-corrected chi connectivity index (χ3v) is 0.321. The number of rotatable bonds is 0. The molecule has 0 atom stereocenters. The summed E-state index contributed by atoms with van der Waals surface area (Å²) >= 11 is 0. The molecule has 0 aliphatic heterocycles. The van der Waals surface area contributed by atoms with Crippen LogP contribution in [0.15, 0.2) is 0 Å². The quantitative estimate of drug-likeness (QED) is 0.423. The van der Waals surface area contributed by atoms with E-state index in [0.717, 1.165) is 0 Å². The predicted molar refractivity (Wildman–Crippen MR) is 22.4 cm³/mol. The molecule has 0 heterocycles. The van der Waals surface area contributed by atoms with Crippen molar-refractivity contribution >= 4 is 6.03 Å². The molecule has 6 heavy (non-hydrogen) atoms. The van der Waals surface area contributed by atoms with Crippen molar-refractivity contribution in [1.29, 1.82) is 0 Å². The maximum Gasteiger partial charge on any atom is 0.314 e. The van der Waals surface area contributed by atoms with Crippen molar-refractivity contribution in [2.24, 2.45) is 0 Å². The molecule has 0 aliphatic carbocycles. The van der Waals surface area contributed by atoms with Crippen LogP contribution in [0, 0.1) is 14.1 Å². The highest BCUT2D eigenvalue weighted by Gasteiger charge is 1.82. The highest BCUT2D eigenvalue weighted by atomic mass is 16.2. The minimum Gasteiger partial charge on any atom is -0.336 e. The van der Waals surface area contributed by atoms with E-state index in [1.54, 1.807) is 0 Å². The topological polar surface area (TPSA) is 41.1 Å². The molecule has 0 aliphatic rings. The highest BCUT2D eigenvalue weighted by Crippen LogP contribution is 1.52. The smallest absolute Gasteiger partial charge is 0.314 e. The van der Waals surface area contributed by atoms with Gasteiger partial charge in [-0.25, -0.2) is 4.79 Å². The van der Waals surface area contributed by atoms with Crippen molar-refractivity contribution in [2.75, 3.05) is 0 Å². The summed E-state index contributed by atoms with van der Waals surface area (Å²) in [5, 5.41) is 4.10. The van der Waals surface area contributed by atoms with E-state index in [0.29, 0.717) is 0 Å². The fourth-order valence-corrected chi connectivity index (χ4v) is 0.0625. The number of amides is 2. The van der Waals surface area contributed by atoms with E-state index in [1.807, 2.05) is 0 Å². The number of carbonyl (C=O) groups is 1. The van der Waals surface area contributed by atoms with E-state index in [-0.39, 0.29) is 6.03 Å². The van der Waals surface area contributed by atoms with Gasteiger partial charge in [-0.2, -0.15) is 0 Å². The van der Waals surface area contributed by atoms with Gasteiger partial charge in [0, 0.05) is 14.1 Å². The van der Waals surface area contributed by atoms with Gasteiger partial charge in [-0.3, -0.25) is 0 Å². The molecule has 34 valence electrons. The average Bonchev–Trinajstić information content (AvgIpc) is 1.65. The van der Waals surface area contributed by atoms with Crippen LogP contribution in [0.4, 0.5) is 4.79 Å². The lowest BCUT2D eigenvalue weighted by atomic mass is 11.0. The number of hydrogen-bond donors (Lipinski definition) is 2. The van der Waals surface area contributed by atoms with Crippen LogP contribution in [-0.4, -0.2) is 6.03 Å². The third kappa shape index (κ3) is 1.58. The summed E-state index contributed by atoms with van der Waals surface area (Å²) in [5.74, 6) is 0. The number of carbonyl (C=O) groups excluding carboxylic acids is 1. The van der Waals surface area contributed by atoms with Crippen LogP contribution >= 0.6 is 0 Å². The van der Waals surface area contributed by atoms with Crippen molar-refractivity contribution in [3.8, 4) is 0 Å². The van der Waals surface area contributed by atoms with Gasteiger partial charge in [0.2, 0.25) is 0 Å². The predicted octanol–water partition coefficient (Wildman–Crippen LogP) is -0.131. The van der Waals surface area contributed by atoms with Gasteiger partial charge in [0.25, 0.3) is 0 Å². The van der Waals surface area contributed by atoms with Crippen LogP contribution in [0.25, 0.3) is 0 Å². The Kier molecular flexibility index (Phi) is 2.20. The van der Waals surface area contributed by atoms with Gasteiger partial charge in [0.05, 0.1) is 0 Å². The molecule has 0 spiro atoms. The summed E-state index contributed by atoms with van der Waals surface area (Å²) < 4.78 is 0. The molecule has 0 aromatic rings. The first-order valence-electron chi connectivity index (χ1n) is 1.41. The largest absolute Gasteiger partial charge is 0.336 e. The lowest BCUT2D eigenvalue weighted by Crippen LogP contribution is -2.25. The van der Waals surface area contributed by atoms with Crippen LogP contribution in [0.3, 0.4) is 0 Å². The molecule has 0 bridgehead atoms. The zero-order valence-corrected chi connectivity index (χ0v) is 3.32. The summed E-state index contributed by atoms with van der Waals surface area (Å²) in [5.41, 5.74) is 0. The second-order valence-electron chi connectivity index (χ2n) is 0.683. The summed E-state index contributed by atoms with van der Waals surface area (Å²) in [6.45, 7) is 0. The monoisotopic (exact) mass is 86.0 g/mol. The van der Waals surface area contributed by atoms with Gasteiger partial charge in [-0.05, 0) is 0 Å². The van der Waals surface area contributed by atoms with Crippen LogP contribution in [0.1, 0.15) is 0 Å². The van der Waals surface area contributed by atoms with Crippen molar-refractivity contribution in [2.45, 2.75) is 0 Å². The highest BCUT2D eigenvalue weighted by molar-refractivity contribution is 5.73. The summed E-state index contributed by atoms with van der Waals surface area (Å²) in [6, 6.07) is -0.380. The molecule has 0 saturated carbocycles. The molecule has 0 saturated heterocycles. The van der Waals surface area contributed by atoms with E-state index >= 15 is 0 Å². The van der Waals surface area contributed by atoms with Gasteiger partial charge < -0.3 is 10.6 Å². The van der Waals surface area contributed by atoms with Gasteiger partial charge in [0.15, 0.2) is 0 Å². The van der Waals surface area contributed by atoms with E-state index in [9.17, 15) is 4.79 Å². The standard InChI is InChI=1S/C3H6N2O/c1-4-3(6)5-2/h1-2H2,(H2,4,5,6). The van der Waals surface area contributed by atoms with Crippen LogP contribution < -0.4 is 10.6 Å². The van der Waals surface area contributed by atoms with E-state index < -0.39 is 0 Å². The van der Waals surface area contributed by atoms with Crippen molar-refractivity contribution in [3.05, 3.63) is 14.1 Å². The Hall–Kier alpha value is -0.730. The fourth-order valence-electron chi connectivity index (χ4n) is 0.0625. The maximum absolute atomic E-state index is 9.83. The van der Waals surface area contributed by atoms with Crippen molar-refractivity contribution in [1.82, 2.24) is 10.6 Å². The van der Waals surface area contributed by atoms with Crippen molar-refractivity contribution in [3.63, 3.8) is 0 Å². The fraction of sp³-hybridized carbons (Fsp3) is 0. The Bertz CT molecular complexity index is 46.8. The van der Waals surface area contributed by atoms with Gasteiger partial charge >= 0.3 is 6.03 Å². The molecule has 3 nitrogen and oxygen atoms in total.